The summed E-state index contributed by atoms with van der Waals surface area (Å²) in [5.41, 5.74) is 2.40. The molecule has 0 aromatic rings. The number of hydrogen-bond acceptors (Lipinski definition) is 3. The van der Waals surface area contributed by atoms with Crippen LogP contribution >= 0.6 is 0 Å². The van der Waals surface area contributed by atoms with Crippen molar-refractivity contribution in [1.82, 2.24) is 0 Å². The molecule has 2 aliphatic heterocycles. The van der Waals surface area contributed by atoms with Gasteiger partial charge in [-0.15, -0.1) is 0 Å². The summed E-state index contributed by atoms with van der Waals surface area (Å²) in [5, 5.41) is 10.5. The summed E-state index contributed by atoms with van der Waals surface area (Å²) in [6.45, 7) is 8.27. The number of aliphatic hydroxyl groups excluding tert-OH is 1. The van der Waals surface area contributed by atoms with Crippen LogP contribution < -0.4 is 0 Å². The van der Waals surface area contributed by atoms with Crippen molar-refractivity contribution in [1.29, 1.82) is 0 Å². The van der Waals surface area contributed by atoms with Crippen molar-refractivity contribution in [2.24, 2.45) is 17.8 Å². The highest BCUT2D eigenvalue weighted by Gasteiger charge is 2.54. The zero-order valence-electron chi connectivity index (χ0n) is 13.0. The normalized spacial score (nSPS) is 45.9. The van der Waals surface area contributed by atoms with Crippen molar-refractivity contribution < 1.29 is 14.6 Å². The van der Waals surface area contributed by atoms with E-state index in [1.165, 1.54) is 5.57 Å². The Morgan fingerprint density at radius 2 is 2.19 bits per heavy atom. The monoisotopic (exact) mass is 290 g/mol. The van der Waals surface area contributed by atoms with Crippen LogP contribution in [0.5, 0.6) is 0 Å². The molecule has 0 aromatic heterocycles. The second kappa shape index (κ2) is 5.69. The van der Waals surface area contributed by atoms with Crippen LogP contribution in [0.25, 0.3) is 0 Å². The van der Waals surface area contributed by atoms with Gasteiger partial charge in [0.05, 0.1) is 24.2 Å². The lowest BCUT2D eigenvalue weighted by molar-refractivity contribution is -0.128. The number of rotatable bonds is 1. The van der Waals surface area contributed by atoms with E-state index in [-0.39, 0.29) is 24.0 Å². The number of hydrogen-bond donors (Lipinski definition) is 1. The molecule has 6 atom stereocenters. The van der Waals surface area contributed by atoms with Gasteiger partial charge < -0.3 is 9.84 Å². The molecular weight excluding hydrogens is 264 g/mol. The fraction of sp³-hybridized carbons (Fsp3) is 0.722. The summed E-state index contributed by atoms with van der Waals surface area (Å²) in [7, 11) is 0. The second-order valence-electron chi connectivity index (χ2n) is 7.10. The van der Waals surface area contributed by atoms with Crippen LogP contribution in [0.1, 0.15) is 46.0 Å². The molecule has 3 aliphatic rings. The number of ether oxygens (including phenoxy) is 1. The molecule has 0 radical (unpaired) electrons. The number of aliphatic hydroxyl groups is 1. The van der Waals surface area contributed by atoms with E-state index in [9.17, 15) is 9.90 Å². The largest absolute Gasteiger partial charge is 0.390 e. The number of allylic oxidation sites excluding steroid dienone is 2. The molecule has 0 aromatic carbocycles. The van der Waals surface area contributed by atoms with Gasteiger partial charge in [0.25, 0.3) is 0 Å². The molecular formula is C18H26O3. The zero-order valence-corrected chi connectivity index (χ0v) is 13.0. The molecule has 0 spiro atoms. The number of fused-ring (bicyclic) bond motifs is 5. The van der Waals surface area contributed by atoms with Crippen LogP contribution in [0.2, 0.25) is 0 Å². The van der Waals surface area contributed by atoms with E-state index in [2.05, 4.69) is 19.6 Å². The Morgan fingerprint density at radius 3 is 2.90 bits per heavy atom. The third-order valence-corrected chi connectivity index (χ3v) is 5.56. The van der Waals surface area contributed by atoms with Gasteiger partial charge in [0, 0.05) is 12.3 Å². The molecule has 21 heavy (non-hydrogen) atoms. The third-order valence-electron chi connectivity index (χ3n) is 5.56. The predicted molar refractivity (Wildman–Crippen MR) is 81.8 cm³/mol. The molecule has 2 bridgehead atoms. The Balaban J connectivity index is 1.98. The van der Waals surface area contributed by atoms with Crippen molar-refractivity contribution in [2.75, 3.05) is 0 Å². The number of ketones is 1. The SMILES string of the molecule is C=C(C)[C@H]1CCC(=O)[C@H]2[C@@H]1[C@H]1O[C@@H]2C/C(C)=C\CC[C@H]1O. The first-order valence-corrected chi connectivity index (χ1v) is 8.16. The lowest BCUT2D eigenvalue weighted by Crippen LogP contribution is -2.43. The van der Waals surface area contributed by atoms with E-state index in [4.69, 9.17) is 4.74 Å². The zero-order chi connectivity index (χ0) is 15.1. The lowest BCUT2D eigenvalue weighted by atomic mass is 9.65. The maximum atomic E-state index is 12.5. The van der Waals surface area contributed by atoms with Crippen molar-refractivity contribution >= 4 is 5.78 Å². The average molecular weight is 290 g/mol. The quantitative estimate of drug-likeness (QED) is 0.755. The van der Waals surface area contributed by atoms with Crippen molar-refractivity contribution in [3.63, 3.8) is 0 Å². The second-order valence-corrected chi connectivity index (χ2v) is 7.10. The molecule has 2 heterocycles. The summed E-state index contributed by atoms with van der Waals surface area (Å²) in [5.74, 6) is 0.697. The van der Waals surface area contributed by atoms with E-state index >= 15 is 0 Å². The van der Waals surface area contributed by atoms with E-state index in [0.29, 0.717) is 18.1 Å². The molecule has 2 fully saturated rings. The maximum Gasteiger partial charge on any atom is 0.139 e. The van der Waals surface area contributed by atoms with Crippen LogP contribution in [0.15, 0.2) is 23.8 Å². The Morgan fingerprint density at radius 1 is 1.43 bits per heavy atom. The van der Waals surface area contributed by atoms with Crippen LogP contribution in [0.4, 0.5) is 0 Å². The molecule has 1 aliphatic carbocycles. The van der Waals surface area contributed by atoms with E-state index in [0.717, 1.165) is 31.3 Å². The van der Waals surface area contributed by atoms with Gasteiger partial charge in [0.15, 0.2) is 0 Å². The molecule has 3 rings (SSSR count). The Hall–Kier alpha value is -0.930. The Kier molecular flexibility index (Phi) is 4.06. The number of Topliss-reactive ketones (excluding diaryl/α,β-unsaturated/α-hetero) is 1. The summed E-state index contributed by atoms with van der Waals surface area (Å²) in [4.78, 5) is 12.5. The van der Waals surface area contributed by atoms with Gasteiger partial charge in [-0.2, -0.15) is 0 Å². The molecule has 1 N–H and O–H groups in total. The standard InChI is InChI=1S/C18H26O3/c1-10(2)12-7-8-13(19)17-15-9-11(3)5-4-6-14(20)18(21-15)16(12)17/h5,12,14-18,20H,1,4,6-9H2,2-3H3/b11-5-/t12-,14-,15-,16-,17-,18+/m1/s1. The molecule has 3 nitrogen and oxygen atoms in total. The van der Waals surface area contributed by atoms with Crippen LogP contribution in [-0.2, 0) is 9.53 Å². The summed E-state index contributed by atoms with van der Waals surface area (Å²) < 4.78 is 6.21. The van der Waals surface area contributed by atoms with Gasteiger partial charge in [-0.3, -0.25) is 4.79 Å². The van der Waals surface area contributed by atoms with Gasteiger partial charge in [0.2, 0.25) is 0 Å². The van der Waals surface area contributed by atoms with Gasteiger partial charge in [-0.1, -0.05) is 23.8 Å². The summed E-state index contributed by atoms with van der Waals surface area (Å²) >= 11 is 0. The van der Waals surface area contributed by atoms with Crippen LogP contribution in [0.3, 0.4) is 0 Å². The smallest absolute Gasteiger partial charge is 0.139 e. The first-order chi connectivity index (χ1) is 9.99. The minimum atomic E-state index is -0.475. The Labute approximate surface area is 127 Å². The number of carbonyl (C=O) groups excluding carboxylic acids is 1. The van der Waals surface area contributed by atoms with Gasteiger partial charge in [-0.25, -0.2) is 0 Å². The minimum absolute atomic E-state index is 0.0541. The molecule has 0 amide bonds. The summed E-state index contributed by atoms with van der Waals surface area (Å²) in [6, 6.07) is 0. The van der Waals surface area contributed by atoms with Crippen LogP contribution in [0, 0.1) is 17.8 Å². The first-order valence-electron chi connectivity index (χ1n) is 8.16. The molecule has 1 saturated heterocycles. The van der Waals surface area contributed by atoms with Crippen LogP contribution in [-0.4, -0.2) is 29.2 Å². The maximum absolute atomic E-state index is 12.5. The Bertz CT molecular complexity index is 479. The molecule has 116 valence electrons. The van der Waals surface area contributed by atoms with Crippen molar-refractivity contribution in [3.8, 4) is 0 Å². The fourth-order valence-corrected chi connectivity index (χ4v) is 4.55. The highest BCUT2D eigenvalue weighted by Crippen LogP contribution is 2.49. The number of carbonyl (C=O) groups is 1. The molecule has 3 heteroatoms. The van der Waals surface area contributed by atoms with Crippen molar-refractivity contribution in [3.05, 3.63) is 23.8 Å². The minimum Gasteiger partial charge on any atom is -0.390 e. The third kappa shape index (κ3) is 2.62. The highest BCUT2D eigenvalue weighted by molar-refractivity contribution is 5.83. The predicted octanol–water partition coefficient (Wildman–Crippen LogP) is 3.03. The molecule has 1 saturated carbocycles. The van der Waals surface area contributed by atoms with E-state index in [1.807, 2.05) is 6.92 Å². The fourth-order valence-electron chi connectivity index (χ4n) is 4.55. The summed E-state index contributed by atoms with van der Waals surface area (Å²) in [6.07, 6.45) is 5.37. The molecule has 0 unspecified atom stereocenters. The van der Waals surface area contributed by atoms with E-state index in [1.54, 1.807) is 0 Å². The van der Waals surface area contributed by atoms with Gasteiger partial charge in [-0.05, 0) is 45.4 Å². The topological polar surface area (TPSA) is 46.5 Å². The average Bonchev–Trinajstić information content (AvgIpc) is 2.80. The van der Waals surface area contributed by atoms with Gasteiger partial charge >= 0.3 is 0 Å². The highest BCUT2D eigenvalue weighted by atomic mass is 16.5. The lowest BCUT2D eigenvalue weighted by Gasteiger charge is -2.37. The first kappa shape index (κ1) is 15.0. The van der Waals surface area contributed by atoms with E-state index < -0.39 is 6.10 Å². The van der Waals surface area contributed by atoms with Gasteiger partial charge in [0.1, 0.15) is 5.78 Å². The van der Waals surface area contributed by atoms with Crippen molar-refractivity contribution in [2.45, 2.75) is 64.3 Å².